The average molecular weight is 433 g/mol. The zero-order valence-corrected chi connectivity index (χ0v) is 17.4. The van der Waals surface area contributed by atoms with Crippen molar-refractivity contribution in [2.75, 3.05) is 11.8 Å². The van der Waals surface area contributed by atoms with Crippen LogP contribution < -0.4 is 10.0 Å². The number of amides is 1. The van der Waals surface area contributed by atoms with Gasteiger partial charge in [0.05, 0.1) is 10.5 Å². The predicted molar refractivity (Wildman–Crippen MR) is 119 cm³/mol. The van der Waals surface area contributed by atoms with Gasteiger partial charge in [-0.3, -0.25) is 14.3 Å². The van der Waals surface area contributed by atoms with Gasteiger partial charge >= 0.3 is 0 Å². The molecular formula is C23H19N3O4S. The third kappa shape index (κ3) is 4.06. The highest BCUT2D eigenvalue weighted by Crippen LogP contribution is 2.26. The van der Waals surface area contributed by atoms with E-state index in [9.17, 15) is 18.0 Å². The number of nitrogens with one attached hydrogen (secondary N) is 3. The van der Waals surface area contributed by atoms with Crippen LogP contribution in [0.4, 0.5) is 5.69 Å². The van der Waals surface area contributed by atoms with E-state index in [2.05, 4.69) is 15.0 Å². The van der Waals surface area contributed by atoms with E-state index in [1.807, 2.05) is 30.3 Å². The summed E-state index contributed by atoms with van der Waals surface area (Å²) < 4.78 is 28.2. The van der Waals surface area contributed by atoms with Crippen molar-refractivity contribution in [3.63, 3.8) is 0 Å². The van der Waals surface area contributed by atoms with Crippen LogP contribution >= 0.6 is 0 Å². The van der Waals surface area contributed by atoms with E-state index in [1.165, 1.54) is 19.3 Å². The van der Waals surface area contributed by atoms with E-state index in [0.717, 1.165) is 11.1 Å². The summed E-state index contributed by atoms with van der Waals surface area (Å²) >= 11 is 0. The Labute approximate surface area is 179 Å². The van der Waals surface area contributed by atoms with Crippen LogP contribution in [0.25, 0.3) is 22.0 Å². The number of rotatable bonds is 6. The Morgan fingerprint density at radius 1 is 0.871 bits per heavy atom. The summed E-state index contributed by atoms with van der Waals surface area (Å²) in [5, 5.41) is 2.75. The van der Waals surface area contributed by atoms with Gasteiger partial charge in [0.2, 0.25) is 0 Å². The quantitative estimate of drug-likeness (QED) is 0.319. The largest absolute Gasteiger partial charge is 0.360 e. The van der Waals surface area contributed by atoms with Gasteiger partial charge in [0.15, 0.2) is 0 Å². The van der Waals surface area contributed by atoms with E-state index in [1.54, 1.807) is 36.4 Å². The predicted octanol–water partition coefficient (Wildman–Crippen LogP) is 3.56. The number of carbonyl (C=O) groups is 2. The summed E-state index contributed by atoms with van der Waals surface area (Å²) in [5.74, 6) is -1.45. The summed E-state index contributed by atoms with van der Waals surface area (Å²) in [4.78, 5) is 27.0. The van der Waals surface area contributed by atoms with Gasteiger partial charge in [-0.2, -0.15) is 0 Å². The van der Waals surface area contributed by atoms with E-state index in [0.29, 0.717) is 10.9 Å². The molecule has 7 nitrogen and oxygen atoms in total. The highest BCUT2D eigenvalue weighted by atomic mass is 32.2. The number of H-pyrrole nitrogens is 1. The van der Waals surface area contributed by atoms with Crippen molar-refractivity contribution in [1.29, 1.82) is 0 Å². The molecule has 0 atom stereocenters. The molecule has 0 fully saturated rings. The molecule has 1 aromatic heterocycles. The molecule has 1 amide bonds. The Morgan fingerprint density at radius 3 is 2.23 bits per heavy atom. The maximum absolute atomic E-state index is 12.8. The minimum atomic E-state index is -3.84. The van der Waals surface area contributed by atoms with Gasteiger partial charge in [-0.15, -0.1) is 0 Å². The second kappa shape index (κ2) is 8.08. The molecule has 0 radical (unpaired) electrons. The molecule has 4 aromatic rings. The Balaban J connectivity index is 1.62. The van der Waals surface area contributed by atoms with Gasteiger partial charge in [0.25, 0.3) is 21.7 Å². The molecule has 0 unspecified atom stereocenters. The number of hydrogen-bond donors (Lipinski definition) is 3. The van der Waals surface area contributed by atoms with Crippen molar-refractivity contribution in [2.45, 2.75) is 4.90 Å². The summed E-state index contributed by atoms with van der Waals surface area (Å²) in [6.45, 7) is 0. The first-order valence-electron chi connectivity index (χ1n) is 9.45. The maximum Gasteiger partial charge on any atom is 0.292 e. The molecule has 0 bridgehead atoms. The standard InChI is InChI=1S/C23H19N3O4S/c1-24-23(28)22(27)20-14-25-21-12-9-17(13-19(20)21)26-31(29,30)18-10-7-16(8-11-18)15-5-3-2-4-6-15/h2-14,25-26H,1H3,(H,24,28). The Bertz CT molecular complexity index is 1380. The molecule has 0 saturated carbocycles. The van der Waals surface area contributed by atoms with Gasteiger partial charge in [-0.1, -0.05) is 42.5 Å². The minimum Gasteiger partial charge on any atom is -0.360 e. The molecular weight excluding hydrogens is 414 g/mol. The van der Waals surface area contributed by atoms with Crippen molar-refractivity contribution >= 4 is 38.3 Å². The summed E-state index contributed by atoms with van der Waals surface area (Å²) in [5.41, 5.74) is 2.96. The number of anilines is 1. The lowest BCUT2D eigenvalue weighted by atomic mass is 10.1. The number of fused-ring (bicyclic) bond motifs is 1. The van der Waals surface area contributed by atoms with Crippen molar-refractivity contribution in [3.05, 3.63) is 84.6 Å². The van der Waals surface area contributed by atoms with E-state index < -0.39 is 21.7 Å². The first-order valence-corrected chi connectivity index (χ1v) is 10.9. The van der Waals surface area contributed by atoms with Crippen LogP contribution in [0.5, 0.6) is 0 Å². The summed E-state index contributed by atoms with van der Waals surface area (Å²) in [6.07, 6.45) is 1.43. The van der Waals surface area contributed by atoms with Crippen molar-refractivity contribution < 1.29 is 18.0 Å². The topological polar surface area (TPSA) is 108 Å². The minimum absolute atomic E-state index is 0.114. The molecule has 4 rings (SSSR count). The van der Waals surface area contributed by atoms with Gasteiger partial charge < -0.3 is 10.3 Å². The molecule has 31 heavy (non-hydrogen) atoms. The van der Waals surface area contributed by atoms with Gasteiger partial charge in [0, 0.05) is 29.8 Å². The fraction of sp³-hybridized carbons (Fsp3) is 0.0435. The monoisotopic (exact) mass is 433 g/mol. The second-order valence-electron chi connectivity index (χ2n) is 6.87. The third-order valence-electron chi connectivity index (χ3n) is 4.88. The highest BCUT2D eigenvalue weighted by molar-refractivity contribution is 7.92. The van der Waals surface area contributed by atoms with Crippen molar-refractivity contribution in [3.8, 4) is 11.1 Å². The Kier molecular flexibility index (Phi) is 5.31. The fourth-order valence-electron chi connectivity index (χ4n) is 3.28. The summed E-state index contributed by atoms with van der Waals surface area (Å²) in [7, 11) is -2.47. The molecule has 8 heteroatoms. The van der Waals surface area contributed by atoms with Gasteiger partial charge in [-0.25, -0.2) is 8.42 Å². The van der Waals surface area contributed by atoms with Crippen LogP contribution in [-0.4, -0.2) is 32.1 Å². The van der Waals surface area contributed by atoms with Crippen LogP contribution in [-0.2, 0) is 14.8 Å². The van der Waals surface area contributed by atoms with Crippen LogP contribution in [0.15, 0.2) is 83.9 Å². The zero-order valence-electron chi connectivity index (χ0n) is 16.5. The maximum atomic E-state index is 12.8. The van der Waals surface area contributed by atoms with E-state index in [-0.39, 0.29) is 16.1 Å². The molecule has 1 heterocycles. The lowest BCUT2D eigenvalue weighted by Crippen LogP contribution is -2.27. The van der Waals surface area contributed by atoms with Gasteiger partial charge in [-0.05, 0) is 41.5 Å². The van der Waals surface area contributed by atoms with Crippen LogP contribution in [0.3, 0.4) is 0 Å². The first kappa shape index (κ1) is 20.4. The lowest BCUT2D eigenvalue weighted by molar-refractivity contribution is -0.116. The molecule has 156 valence electrons. The Morgan fingerprint density at radius 2 is 1.55 bits per heavy atom. The van der Waals surface area contributed by atoms with Crippen LogP contribution in [0, 0.1) is 0 Å². The number of sulfonamides is 1. The molecule has 3 N–H and O–H groups in total. The number of ketones is 1. The normalized spacial score (nSPS) is 11.3. The molecule has 0 aliphatic heterocycles. The molecule has 0 saturated heterocycles. The lowest BCUT2D eigenvalue weighted by Gasteiger charge is -2.10. The number of aromatic nitrogens is 1. The van der Waals surface area contributed by atoms with Crippen molar-refractivity contribution in [1.82, 2.24) is 10.3 Å². The van der Waals surface area contributed by atoms with Crippen molar-refractivity contribution in [2.24, 2.45) is 0 Å². The number of carbonyl (C=O) groups excluding carboxylic acids is 2. The first-order chi connectivity index (χ1) is 14.9. The number of likely N-dealkylation sites (N-methyl/N-ethyl adjacent to an activating group) is 1. The highest BCUT2D eigenvalue weighted by Gasteiger charge is 2.20. The van der Waals surface area contributed by atoms with Crippen LogP contribution in [0.1, 0.15) is 10.4 Å². The van der Waals surface area contributed by atoms with E-state index in [4.69, 9.17) is 0 Å². The molecule has 3 aromatic carbocycles. The molecule has 0 spiro atoms. The number of hydrogen-bond acceptors (Lipinski definition) is 4. The average Bonchev–Trinajstić information content (AvgIpc) is 3.21. The molecule has 0 aliphatic carbocycles. The number of Topliss-reactive ketones (excluding diaryl/α,β-unsaturated/α-hetero) is 1. The summed E-state index contributed by atoms with van der Waals surface area (Å²) in [6, 6.07) is 21.0. The Hall–Kier alpha value is -3.91. The van der Waals surface area contributed by atoms with E-state index >= 15 is 0 Å². The molecule has 0 aliphatic rings. The fourth-order valence-corrected chi connectivity index (χ4v) is 4.33. The van der Waals surface area contributed by atoms with Gasteiger partial charge in [0.1, 0.15) is 0 Å². The van der Waals surface area contributed by atoms with Crippen LogP contribution in [0.2, 0.25) is 0 Å². The third-order valence-corrected chi connectivity index (χ3v) is 6.28. The number of aromatic amines is 1. The smallest absolute Gasteiger partial charge is 0.292 e. The second-order valence-corrected chi connectivity index (χ2v) is 8.55. The zero-order chi connectivity index (χ0) is 22.0. The SMILES string of the molecule is CNC(=O)C(=O)c1c[nH]c2ccc(NS(=O)(=O)c3ccc(-c4ccccc4)cc3)cc12. The number of benzene rings is 3.